The highest BCUT2D eigenvalue weighted by atomic mass is 35.5. The highest BCUT2D eigenvalue weighted by molar-refractivity contribution is 6.30. The minimum Gasteiger partial charge on any atom is -0.352 e. The molecule has 2 N–H and O–H groups in total. The molecule has 0 radical (unpaired) electrons. The van der Waals surface area contributed by atoms with Crippen LogP contribution in [0.15, 0.2) is 41.6 Å². The van der Waals surface area contributed by atoms with Crippen molar-refractivity contribution in [2.24, 2.45) is 0 Å². The number of nitrogens with zero attached hydrogens (tertiary/aromatic N) is 4. The molecule has 0 spiro atoms. The number of halogens is 1. The molecule has 3 aromatic rings. The van der Waals surface area contributed by atoms with Crippen LogP contribution in [0.3, 0.4) is 0 Å². The molecule has 0 bridgehead atoms. The third-order valence-electron chi connectivity index (χ3n) is 5.27. The molecule has 0 saturated heterocycles. The number of aryl methyl sites for hydroxylation is 4. The van der Waals surface area contributed by atoms with Gasteiger partial charge in [0.15, 0.2) is 0 Å². The number of carbonyl (C=O) groups excluding carboxylic acids is 1. The maximum atomic E-state index is 13.0. The number of hydrogen-bond donors (Lipinski definition) is 2. The van der Waals surface area contributed by atoms with Crippen molar-refractivity contribution in [2.45, 2.75) is 52.9 Å². The molecule has 0 unspecified atom stereocenters. The Kier molecular flexibility index (Phi) is 8.19. The van der Waals surface area contributed by atoms with Crippen molar-refractivity contribution in [2.75, 3.05) is 7.05 Å². The first-order valence-corrected chi connectivity index (χ1v) is 11.0. The molecule has 0 aliphatic carbocycles. The lowest BCUT2D eigenvalue weighted by molar-refractivity contribution is -0.120. The van der Waals surface area contributed by atoms with E-state index < -0.39 is 0 Å². The van der Waals surface area contributed by atoms with Crippen molar-refractivity contribution in [3.63, 3.8) is 0 Å². The van der Waals surface area contributed by atoms with Gasteiger partial charge in [-0.3, -0.25) is 14.3 Å². The van der Waals surface area contributed by atoms with Gasteiger partial charge in [-0.05, 0) is 54.8 Å². The molecular formula is C23H29ClN6O2. The first-order chi connectivity index (χ1) is 15.4. The van der Waals surface area contributed by atoms with E-state index in [-0.39, 0.29) is 17.9 Å². The van der Waals surface area contributed by atoms with Gasteiger partial charge in [-0.25, -0.2) is 4.68 Å². The Morgan fingerprint density at radius 1 is 1.09 bits per heavy atom. The molecule has 32 heavy (non-hydrogen) atoms. The van der Waals surface area contributed by atoms with E-state index in [1.54, 1.807) is 17.1 Å². The Bertz CT molecular complexity index is 1140. The summed E-state index contributed by atoms with van der Waals surface area (Å²) in [6.45, 7) is 5.84. The van der Waals surface area contributed by atoms with Crippen molar-refractivity contribution >= 4 is 17.5 Å². The van der Waals surface area contributed by atoms with Crippen LogP contribution in [0, 0.1) is 6.92 Å². The Labute approximate surface area is 192 Å². The van der Waals surface area contributed by atoms with Crippen LogP contribution >= 0.6 is 11.6 Å². The van der Waals surface area contributed by atoms with Gasteiger partial charge in [-0.2, -0.15) is 10.2 Å². The first-order valence-electron chi connectivity index (χ1n) is 10.7. The minimum absolute atomic E-state index is 0.00727. The number of amides is 1. The molecular weight excluding hydrogens is 428 g/mol. The maximum absolute atomic E-state index is 13.0. The minimum atomic E-state index is -0.234. The van der Waals surface area contributed by atoms with Gasteiger partial charge in [0.25, 0.3) is 5.56 Å². The van der Waals surface area contributed by atoms with Gasteiger partial charge in [-0.15, -0.1) is 0 Å². The number of hydrogen-bond acceptors (Lipinski definition) is 5. The molecule has 1 amide bonds. The molecule has 3 rings (SSSR count). The second-order valence-corrected chi connectivity index (χ2v) is 8.14. The zero-order chi connectivity index (χ0) is 23.1. The Balaban J connectivity index is 1.71. The third-order valence-corrected chi connectivity index (χ3v) is 5.50. The largest absolute Gasteiger partial charge is 0.352 e. The van der Waals surface area contributed by atoms with Crippen LogP contribution in [-0.4, -0.2) is 32.5 Å². The standard InChI is InChI=1S/C23H29ClN6O2/c1-4-17-14-28-30(8-7-29-15-16(2)11-27-29)23(32)21(17)10-22(31)26-13-19-9-20(24)6-5-18(19)12-25-3/h5-6,9,11,14-15,25H,4,7-8,10,12-13H2,1-3H3,(H,26,31). The third kappa shape index (κ3) is 6.05. The van der Waals surface area contributed by atoms with E-state index in [2.05, 4.69) is 20.8 Å². The second-order valence-electron chi connectivity index (χ2n) is 7.71. The highest BCUT2D eigenvalue weighted by Gasteiger charge is 2.15. The summed E-state index contributed by atoms with van der Waals surface area (Å²) >= 11 is 6.12. The summed E-state index contributed by atoms with van der Waals surface area (Å²) in [7, 11) is 1.87. The zero-order valence-corrected chi connectivity index (χ0v) is 19.4. The maximum Gasteiger partial charge on any atom is 0.270 e. The normalized spacial score (nSPS) is 11.0. The number of benzene rings is 1. The Morgan fingerprint density at radius 3 is 2.59 bits per heavy atom. The van der Waals surface area contributed by atoms with Gasteiger partial charge in [-0.1, -0.05) is 24.6 Å². The van der Waals surface area contributed by atoms with E-state index in [9.17, 15) is 9.59 Å². The summed E-state index contributed by atoms with van der Waals surface area (Å²) in [6, 6.07) is 5.62. The van der Waals surface area contributed by atoms with E-state index in [0.717, 1.165) is 22.3 Å². The van der Waals surface area contributed by atoms with Crippen LogP contribution in [0.5, 0.6) is 0 Å². The lowest BCUT2D eigenvalue weighted by Crippen LogP contribution is -2.33. The smallest absolute Gasteiger partial charge is 0.270 e. The van der Waals surface area contributed by atoms with Crippen LogP contribution < -0.4 is 16.2 Å². The molecule has 9 heteroatoms. The molecule has 170 valence electrons. The van der Waals surface area contributed by atoms with Crippen molar-refractivity contribution in [1.29, 1.82) is 0 Å². The number of carbonyl (C=O) groups is 1. The summed E-state index contributed by atoms with van der Waals surface area (Å²) in [5.41, 5.74) is 4.10. The molecule has 8 nitrogen and oxygen atoms in total. The van der Waals surface area contributed by atoms with Crippen molar-refractivity contribution in [3.8, 4) is 0 Å². The van der Waals surface area contributed by atoms with Crippen LogP contribution in [-0.2, 0) is 43.8 Å². The van der Waals surface area contributed by atoms with Crippen molar-refractivity contribution < 1.29 is 4.79 Å². The predicted octanol–water partition coefficient (Wildman–Crippen LogP) is 2.24. The van der Waals surface area contributed by atoms with Crippen molar-refractivity contribution in [1.82, 2.24) is 30.2 Å². The van der Waals surface area contributed by atoms with Gasteiger partial charge < -0.3 is 10.6 Å². The topological polar surface area (TPSA) is 93.8 Å². The summed E-state index contributed by atoms with van der Waals surface area (Å²) in [4.78, 5) is 25.7. The monoisotopic (exact) mass is 456 g/mol. The quantitative estimate of drug-likeness (QED) is 0.488. The molecule has 0 aliphatic rings. The van der Waals surface area contributed by atoms with Crippen LogP contribution in [0.4, 0.5) is 0 Å². The van der Waals surface area contributed by atoms with E-state index in [4.69, 9.17) is 11.6 Å². The molecule has 2 heterocycles. The average molecular weight is 457 g/mol. The SMILES string of the molecule is CCc1cnn(CCn2cc(C)cn2)c(=O)c1CC(=O)NCc1cc(Cl)ccc1CNC. The summed E-state index contributed by atoms with van der Waals surface area (Å²) in [5, 5.41) is 15.2. The number of nitrogens with one attached hydrogen (secondary N) is 2. The molecule has 2 aromatic heterocycles. The first kappa shape index (κ1) is 23.7. The molecule has 0 aliphatic heterocycles. The predicted molar refractivity (Wildman–Crippen MR) is 125 cm³/mol. The van der Waals surface area contributed by atoms with Gasteiger partial charge in [0.1, 0.15) is 0 Å². The molecule has 0 atom stereocenters. The van der Waals surface area contributed by atoms with Gasteiger partial charge in [0.2, 0.25) is 5.91 Å². The van der Waals surface area contributed by atoms with E-state index >= 15 is 0 Å². The molecule has 1 aromatic carbocycles. The number of aromatic nitrogens is 4. The fraction of sp³-hybridized carbons (Fsp3) is 0.391. The fourth-order valence-corrected chi connectivity index (χ4v) is 3.74. The summed E-state index contributed by atoms with van der Waals surface area (Å²) in [6.07, 6.45) is 6.00. The lowest BCUT2D eigenvalue weighted by atomic mass is 10.1. The average Bonchev–Trinajstić information content (AvgIpc) is 3.19. The highest BCUT2D eigenvalue weighted by Crippen LogP contribution is 2.16. The lowest BCUT2D eigenvalue weighted by Gasteiger charge is -2.13. The Hall–Kier alpha value is -2.97. The van der Waals surface area contributed by atoms with Crippen LogP contribution in [0.25, 0.3) is 0 Å². The van der Waals surface area contributed by atoms with Crippen LogP contribution in [0.1, 0.15) is 34.7 Å². The molecule has 0 fully saturated rings. The second kappa shape index (κ2) is 11.1. The summed E-state index contributed by atoms with van der Waals surface area (Å²) < 4.78 is 3.18. The van der Waals surface area contributed by atoms with E-state index in [1.165, 1.54) is 4.68 Å². The van der Waals surface area contributed by atoms with Gasteiger partial charge in [0, 0.05) is 29.9 Å². The van der Waals surface area contributed by atoms with Gasteiger partial charge in [0.05, 0.1) is 31.9 Å². The Morgan fingerprint density at radius 2 is 1.91 bits per heavy atom. The molecule has 0 saturated carbocycles. The fourth-order valence-electron chi connectivity index (χ4n) is 3.54. The zero-order valence-electron chi connectivity index (χ0n) is 18.7. The van der Waals surface area contributed by atoms with Crippen LogP contribution in [0.2, 0.25) is 5.02 Å². The van der Waals surface area contributed by atoms with Crippen molar-refractivity contribution in [3.05, 3.63) is 80.0 Å². The summed E-state index contributed by atoms with van der Waals surface area (Å²) in [5.74, 6) is -0.215. The van der Waals surface area contributed by atoms with E-state index in [0.29, 0.717) is 43.2 Å². The number of rotatable bonds is 10. The van der Waals surface area contributed by atoms with Gasteiger partial charge >= 0.3 is 0 Å². The van der Waals surface area contributed by atoms with E-state index in [1.807, 2.05) is 45.3 Å².